The van der Waals surface area contributed by atoms with Crippen LogP contribution in [0.3, 0.4) is 0 Å². The van der Waals surface area contributed by atoms with E-state index >= 15 is 0 Å². The highest BCUT2D eigenvalue weighted by Crippen LogP contribution is 2.44. The molecule has 1 fully saturated rings. The van der Waals surface area contributed by atoms with Crippen LogP contribution < -0.4 is 5.73 Å². The van der Waals surface area contributed by atoms with Crippen molar-refractivity contribution in [3.05, 3.63) is 35.9 Å². The van der Waals surface area contributed by atoms with Crippen molar-refractivity contribution in [2.75, 3.05) is 0 Å². The van der Waals surface area contributed by atoms with Crippen LogP contribution in [0.1, 0.15) is 24.3 Å². The van der Waals surface area contributed by atoms with Crippen LogP contribution in [0.15, 0.2) is 30.3 Å². The third-order valence-corrected chi connectivity index (χ3v) is 3.07. The molecule has 0 amide bonds. The van der Waals surface area contributed by atoms with Crippen LogP contribution in [-0.4, -0.2) is 16.6 Å². The molecule has 1 aliphatic carbocycles. The lowest BCUT2D eigenvalue weighted by Crippen LogP contribution is -2.59. The lowest BCUT2D eigenvalue weighted by atomic mass is 9.64. The molecule has 1 aromatic rings. The lowest BCUT2D eigenvalue weighted by molar-refractivity contribution is -0.147. The lowest BCUT2D eigenvalue weighted by Gasteiger charge is -2.43. The number of nitrogens with two attached hydrogens (primary N) is 1. The van der Waals surface area contributed by atoms with E-state index in [2.05, 4.69) is 0 Å². The van der Waals surface area contributed by atoms with E-state index in [9.17, 15) is 4.79 Å². The van der Waals surface area contributed by atoms with Crippen molar-refractivity contribution >= 4 is 5.97 Å². The fourth-order valence-corrected chi connectivity index (χ4v) is 2.01. The van der Waals surface area contributed by atoms with Crippen molar-refractivity contribution < 1.29 is 9.90 Å². The van der Waals surface area contributed by atoms with Gasteiger partial charge < -0.3 is 10.8 Å². The van der Waals surface area contributed by atoms with E-state index in [-0.39, 0.29) is 5.92 Å². The first-order valence-corrected chi connectivity index (χ1v) is 4.72. The Bertz CT molecular complexity index is 350. The largest absolute Gasteiger partial charge is 0.480 e. The molecular weight excluding hydrogens is 178 g/mol. The van der Waals surface area contributed by atoms with Gasteiger partial charge in [0.2, 0.25) is 0 Å². The highest BCUT2D eigenvalue weighted by atomic mass is 16.4. The summed E-state index contributed by atoms with van der Waals surface area (Å²) in [6.45, 7) is 0. The Morgan fingerprint density at radius 1 is 1.43 bits per heavy atom. The fraction of sp³-hybridized carbons (Fsp3) is 0.364. The molecule has 2 atom stereocenters. The van der Waals surface area contributed by atoms with Crippen LogP contribution in [0.5, 0.6) is 0 Å². The Labute approximate surface area is 82.5 Å². The van der Waals surface area contributed by atoms with E-state index < -0.39 is 11.5 Å². The van der Waals surface area contributed by atoms with Crippen LogP contribution >= 0.6 is 0 Å². The minimum atomic E-state index is -1.04. The second-order valence-electron chi connectivity index (χ2n) is 3.85. The fourth-order valence-electron chi connectivity index (χ4n) is 2.01. The molecule has 0 saturated heterocycles. The van der Waals surface area contributed by atoms with Crippen molar-refractivity contribution in [1.29, 1.82) is 0 Å². The normalized spacial score (nSPS) is 30.8. The van der Waals surface area contributed by atoms with Crippen molar-refractivity contribution in [2.24, 2.45) is 5.73 Å². The van der Waals surface area contributed by atoms with Gasteiger partial charge >= 0.3 is 5.97 Å². The molecule has 14 heavy (non-hydrogen) atoms. The molecular formula is C11H13NO2. The summed E-state index contributed by atoms with van der Waals surface area (Å²) in [4.78, 5) is 11.0. The van der Waals surface area contributed by atoms with Gasteiger partial charge in [0, 0.05) is 5.92 Å². The van der Waals surface area contributed by atoms with Gasteiger partial charge in [-0.1, -0.05) is 30.3 Å². The van der Waals surface area contributed by atoms with Crippen LogP contribution in [0, 0.1) is 0 Å². The van der Waals surface area contributed by atoms with E-state index in [4.69, 9.17) is 10.8 Å². The molecule has 2 rings (SSSR count). The molecule has 3 heteroatoms. The number of carboxylic acids is 1. The molecule has 1 aromatic carbocycles. The molecule has 0 aliphatic heterocycles. The first-order chi connectivity index (χ1) is 6.64. The molecule has 74 valence electrons. The topological polar surface area (TPSA) is 63.3 Å². The highest BCUT2D eigenvalue weighted by molar-refractivity contribution is 5.81. The van der Waals surface area contributed by atoms with Crippen molar-refractivity contribution in [3.63, 3.8) is 0 Å². The maximum absolute atomic E-state index is 11.0. The number of rotatable bonds is 2. The van der Waals surface area contributed by atoms with Gasteiger partial charge in [-0.05, 0) is 18.4 Å². The summed E-state index contributed by atoms with van der Waals surface area (Å²) in [5, 5.41) is 9.00. The van der Waals surface area contributed by atoms with Gasteiger partial charge in [0.1, 0.15) is 5.54 Å². The highest BCUT2D eigenvalue weighted by Gasteiger charge is 2.50. The number of hydrogen-bond donors (Lipinski definition) is 2. The second-order valence-corrected chi connectivity index (χ2v) is 3.85. The average molecular weight is 191 g/mol. The molecule has 0 aromatic heterocycles. The molecule has 0 heterocycles. The standard InChI is InChI=1S/C11H13NO2/c12-11(10(13)14)7-6-9(11)8-4-2-1-3-5-8/h1-5,9H,6-7,12H2,(H,13,14)/t9-,11+/m0/s1. The third kappa shape index (κ3) is 1.21. The zero-order valence-electron chi connectivity index (χ0n) is 7.81. The van der Waals surface area contributed by atoms with Crippen LogP contribution in [-0.2, 0) is 4.79 Å². The third-order valence-electron chi connectivity index (χ3n) is 3.07. The molecule has 0 radical (unpaired) electrons. The summed E-state index contributed by atoms with van der Waals surface area (Å²) in [5.74, 6) is -0.918. The number of benzene rings is 1. The van der Waals surface area contributed by atoms with E-state index in [0.29, 0.717) is 6.42 Å². The number of aliphatic carboxylic acids is 1. The zero-order valence-corrected chi connectivity index (χ0v) is 7.81. The molecule has 3 nitrogen and oxygen atoms in total. The molecule has 0 unspecified atom stereocenters. The first kappa shape index (κ1) is 9.21. The number of carboxylic acid groups (broad SMARTS) is 1. The van der Waals surface area contributed by atoms with E-state index in [1.807, 2.05) is 30.3 Å². The van der Waals surface area contributed by atoms with Crippen molar-refractivity contribution in [2.45, 2.75) is 24.3 Å². The summed E-state index contributed by atoms with van der Waals surface area (Å²) >= 11 is 0. The van der Waals surface area contributed by atoms with Crippen molar-refractivity contribution in [3.8, 4) is 0 Å². The summed E-state index contributed by atoms with van der Waals surface area (Å²) in [6.07, 6.45) is 1.44. The Balaban J connectivity index is 2.26. The van der Waals surface area contributed by atoms with Gasteiger partial charge in [-0.3, -0.25) is 4.79 Å². The summed E-state index contributed by atoms with van der Waals surface area (Å²) in [7, 11) is 0. The number of hydrogen-bond acceptors (Lipinski definition) is 2. The maximum atomic E-state index is 11.0. The molecule has 1 saturated carbocycles. The minimum absolute atomic E-state index is 0.0267. The van der Waals surface area contributed by atoms with Gasteiger partial charge in [-0.25, -0.2) is 0 Å². The average Bonchev–Trinajstić information content (AvgIpc) is 2.16. The van der Waals surface area contributed by atoms with Gasteiger partial charge in [-0.2, -0.15) is 0 Å². The van der Waals surface area contributed by atoms with Gasteiger partial charge in [0.15, 0.2) is 0 Å². The summed E-state index contributed by atoms with van der Waals surface area (Å²) in [5.41, 5.74) is 5.81. The zero-order chi connectivity index (χ0) is 10.2. The Kier molecular flexibility index (Phi) is 2.04. The quantitative estimate of drug-likeness (QED) is 0.741. The van der Waals surface area contributed by atoms with Crippen LogP contribution in [0.25, 0.3) is 0 Å². The predicted octanol–water partition coefficient (Wildman–Crippen LogP) is 1.35. The van der Waals surface area contributed by atoms with Crippen LogP contribution in [0.2, 0.25) is 0 Å². The monoisotopic (exact) mass is 191 g/mol. The summed E-state index contributed by atoms with van der Waals surface area (Å²) in [6, 6.07) is 9.62. The Hall–Kier alpha value is -1.35. The van der Waals surface area contributed by atoms with Crippen molar-refractivity contribution in [1.82, 2.24) is 0 Å². The molecule has 1 aliphatic rings. The first-order valence-electron chi connectivity index (χ1n) is 4.72. The molecule has 3 N–H and O–H groups in total. The van der Waals surface area contributed by atoms with Crippen LogP contribution in [0.4, 0.5) is 0 Å². The van der Waals surface area contributed by atoms with E-state index in [1.54, 1.807) is 0 Å². The SMILES string of the molecule is N[C@]1(C(=O)O)CC[C@H]1c1ccccc1. The second kappa shape index (κ2) is 3.10. The number of carbonyl (C=O) groups is 1. The minimum Gasteiger partial charge on any atom is -0.480 e. The van der Waals surface area contributed by atoms with E-state index in [0.717, 1.165) is 12.0 Å². The summed E-state index contributed by atoms with van der Waals surface area (Å²) < 4.78 is 0. The maximum Gasteiger partial charge on any atom is 0.324 e. The Morgan fingerprint density at radius 3 is 2.50 bits per heavy atom. The molecule has 0 bridgehead atoms. The Morgan fingerprint density at radius 2 is 2.07 bits per heavy atom. The van der Waals surface area contributed by atoms with Gasteiger partial charge in [0.05, 0.1) is 0 Å². The molecule has 0 spiro atoms. The van der Waals surface area contributed by atoms with Gasteiger partial charge in [0.25, 0.3) is 0 Å². The van der Waals surface area contributed by atoms with Gasteiger partial charge in [-0.15, -0.1) is 0 Å². The predicted molar refractivity (Wildman–Crippen MR) is 53.0 cm³/mol. The van der Waals surface area contributed by atoms with E-state index in [1.165, 1.54) is 0 Å². The smallest absolute Gasteiger partial charge is 0.324 e.